The van der Waals surface area contributed by atoms with Gasteiger partial charge in [-0.05, 0) is 55.0 Å². The lowest BCUT2D eigenvalue weighted by atomic mass is 9.75. The second kappa shape index (κ2) is 7.75. The maximum Gasteiger partial charge on any atom is 0.229 e. The number of rotatable bonds is 5. The molecule has 150 valence electrons. The van der Waals surface area contributed by atoms with Crippen LogP contribution in [-0.2, 0) is 11.2 Å². The summed E-state index contributed by atoms with van der Waals surface area (Å²) in [6, 6.07) is 19.1. The first-order valence-electron chi connectivity index (χ1n) is 10.4. The van der Waals surface area contributed by atoms with Gasteiger partial charge in [-0.2, -0.15) is 0 Å². The van der Waals surface area contributed by atoms with Crippen LogP contribution in [0.25, 0.3) is 10.9 Å². The Balaban J connectivity index is 1.17. The second-order valence-electron chi connectivity index (χ2n) is 8.19. The second-order valence-corrected chi connectivity index (χ2v) is 8.19. The van der Waals surface area contributed by atoms with Crippen molar-refractivity contribution in [3.8, 4) is 0 Å². The number of carbonyl (C=O) groups is 1. The summed E-state index contributed by atoms with van der Waals surface area (Å²) in [5.74, 6) is 1.16. The molecule has 1 N–H and O–H groups in total. The number of hydrogen-bond acceptors (Lipinski definition) is 3. The van der Waals surface area contributed by atoms with Gasteiger partial charge in [0.2, 0.25) is 5.91 Å². The molecule has 1 aliphatic rings. The maximum absolute atomic E-state index is 12.5. The number of nitrogens with zero attached hydrogens (tertiary/aromatic N) is 3. The quantitative estimate of drug-likeness (QED) is 0.514. The van der Waals surface area contributed by atoms with E-state index < -0.39 is 0 Å². The molecular formula is C25H24N4O. The topological polar surface area (TPSA) is 59.8 Å². The Bertz CT molecular complexity index is 1190. The van der Waals surface area contributed by atoms with Gasteiger partial charge in [-0.1, -0.05) is 42.0 Å². The fourth-order valence-corrected chi connectivity index (χ4v) is 4.15. The minimum Gasteiger partial charge on any atom is -0.332 e. The standard InChI is InChI=1S/C25H24N4O/c1-17-4-7-19(8-5-17)21-13-22(14-21)29-15-24(27-16-29)28-25(30)12-18-6-9-23-20(11-18)3-2-10-26-23/h2-11,15-16,21-22H,12-14H2,1H3,(H,28,30). The largest absolute Gasteiger partial charge is 0.332 e. The number of pyridine rings is 1. The summed E-state index contributed by atoms with van der Waals surface area (Å²) in [6.07, 6.45) is 8.08. The number of aryl methyl sites for hydroxylation is 1. The van der Waals surface area contributed by atoms with E-state index in [-0.39, 0.29) is 5.91 Å². The molecule has 1 amide bonds. The molecule has 1 saturated carbocycles. The van der Waals surface area contributed by atoms with E-state index in [4.69, 9.17) is 0 Å². The van der Waals surface area contributed by atoms with Crippen LogP contribution in [0.5, 0.6) is 0 Å². The average Bonchev–Trinajstić information content (AvgIpc) is 3.16. The van der Waals surface area contributed by atoms with Gasteiger partial charge in [0.1, 0.15) is 0 Å². The van der Waals surface area contributed by atoms with Gasteiger partial charge in [-0.3, -0.25) is 9.78 Å². The Hall–Kier alpha value is -3.47. The molecule has 2 heterocycles. The van der Waals surface area contributed by atoms with Crippen molar-refractivity contribution < 1.29 is 4.79 Å². The number of imidazole rings is 1. The monoisotopic (exact) mass is 396 g/mol. The molecule has 2 aromatic carbocycles. The molecular weight excluding hydrogens is 372 g/mol. The molecule has 1 fully saturated rings. The van der Waals surface area contributed by atoms with Crippen molar-refractivity contribution in [3.05, 3.63) is 90.0 Å². The zero-order valence-electron chi connectivity index (χ0n) is 17.0. The van der Waals surface area contributed by atoms with Crippen molar-refractivity contribution in [1.82, 2.24) is 14.5 Å². The van der Waals surface area contributed by atoms with Crippen LogP contribution >= 0.6 is 0 Å². The third-order valence-corrected chi connectivity index (χ3v) is 5.98. The lowest BCUT2D eigenvalue weighted by Crippen LogP contribution is -2.24. The van der Waals surface area contributed by atoms with Crippen LogP contribution in [0.3, 0.4) is 0 Å². The molecule has 0 radical (unpaired) electrons. The summed E-state index contributed by atoms with van der Waals surface area (Å²) in [6.45, 7) is 2.12. The highest BCUT2D eigenvalue weighted by molar-refractivity contribution is 5.92. The predicted octanol–water partition coefficient (Wildman–Crippen LogP) is 5.04. The molecule has 5 heteroatoms. The molecule has 0 atom stereocenters. The normalized spacial score (nSPS) is 18.2. The maximum atomic E-state index is 12.5. The summed E-state index contributed by atoms with van der Waals surface area (Å²) in [4.78, 5) is 21.2. The minimum absolute atomic E-state index is 0.0605. The first-order valence-corrected chi connectivity index (χ1v) is 10.4. The molecule has 2 aromatic heterocycles. The van der Waals surface area contributed by atoms with Gasteiger partial charge >= 0.3 is 0 Å². The Morgan fingerprint density at radius 3 is 2.77 bits per heavy atom. The molecule has 1 aliphatic carbocycles. The van der Waals surface area contributed by atoms with Gasteiger partial charge < -0.3 is 9.88 Å². The summed E-state index contributed by atoms with van der Waals surface area (Å²) in [7, 11) is 0. The number of anilines is 1. The Morgan fingerprint density at radius 1 is 1.10 bits per heavy atom. The lowest BCUT2D eigenvalue weighted by Gasteiger charge is -2.36. The van der Waals surface area contributed by atoms with E-state index in [9.17, 15) is 4.79 Å². The van der Waals surface area contributed by atoms with Gasteiger partial charge in [0.05, 0.1) is 18.3 Å². The van der Waals surface area contributed by atoms with Crippen molar-refractivity contribution in [2.45, 2.75) is 38.1 Å². The first kappa shape index (κ1) is 18.6. The van der Waals surface area contributed by atoms with Crippen molar-refractivity contribution in [2.75, 3.05) is 5.32 Å². The molecule has 0 unspecified atom stereocenters. The van der Waals surface area contributed by atoms with E-state index in [1.54, 1.807) is 6.20 Å². The van der Waals surface area contributed by atoms with Crippen LogP contribution in [0.2, 0.25) is 0 Å². The van der Waals surface area contributed by atoms with Crippen LogP contribution in [-0.4, -0.2) is 20.4 Å². The molecule has 0 saturated heterocycles. The van der Waals surface area contributed by atoms with Crippen LogP contribution < -0.4 is 5.32 Å². The minimum atomic E-state index is -0.0605. The van der Waals surface area contributed by atoms with Crippen LogP contribution in [0.15, 0.2) is 73.3 Å². The fourth-order valence-electron chi connectivity index (χ4n) is 4.15. The Kier molecular flexibility index (Phi) is 4.79. The van der Waals surface area contributed by atoms with Crippen molar-refractivity contribution in [3.63, 3.8) is 0 Å². The third-order valence-electron chi connectivity index (χ3n) is 5.98. The highest BCUT2D eigenvalue weighted by Crippen LogP contribution is 2.44. The van der Waals surface area contributed by atoms with E-state index >= 15 is 0 Å². The highest BCUT2D eigenvalue weighted by Gasteiger charge is 2.31. The summed E-state index contributed by atoms with van der Waals surface area (Å²) in [5, 5.41) is 3.97. The number of hydrogen-bond donors (Lipinski definition) is 1. The van der Waals surface area contributed by atoms with Gasteiger partial charge in [0, 0.05) is 23.8 Å². The number of fused-ring (bicyclic) bond motifs is 1. The molecule has 0 aliphatic heterocycles. The van der Waals surface area contributed by atoms with Crippen molar-refractivity contribution >= 4 is 22.6 Å². The molecule has 5 nitrogen and oxygen atoms in total. The van der Waals surface area contributed by atoms with E-state index in [2.05, 4.69) is 51.0 Å². The van der Waals surface area contributed by atoms with Gasteiger partial charge in [0.25, 0.3) is 0 Å². The zero-order valence-corrected chi connectivity index (χ0v) is 17.0. The molecule has 0 spiro atoms. The molecule has 0 bridgehead atoms. The number of aromatic nitrogens is 3. The molecule has 5 rings (SSSR count). The van der Waals surface area contributed by atoms with Crippen LogP contribution in [0.1, 0.15) is 41.5 Å². The zero-order chi connectivity index (χ0) is 20.5. The van der Waals surface area contributed by atoms with Crippen molar-refractivity contribution in [2.24, 2.45) is 0 Å². The number of nitrogens with one attached hydrogen (secondary N) is 1. The average molecular weight is 396 g/mol. The van der Waals surface area contributed by atoms with Gasteiger partial charge in [-0.15, -0.1) is 0 Å². The van der Waals surface area contributed by atoms with E-state index in [1.807, 2.05) is 42.9 Å². The van der Waals surface area contributed by atoms with Crippen molar-refractivity contribution in [1.29, 1.82) is 0 Å². The van der Waals surface area contributed by atoms with Crippen LogP contribution in [0, 0.1) is 6.92 Å². The smallest absolute Gasteiger partial charge is 0.229 e. The Morgan fingerprint density at radius 2 is 1.93 bits per heavy atom. The summed E-state index contributed by atoms with van der Waals surface area (Å²) < 4.78 is 2.13. The summed E-state index contributed by atoms with van der Waals surface area (Å²) in [5.41, 5.74) is 4.61. The third kappa shape index (κ3) is 3.83. The number of carbonyl (C=O) groups excluding carboxylic acids is 1. The van der Waals surface area contributed by atoms with E-state index in [1.165, 1.54) is 11.1 Å². The number of benzene rings is 2. The van der Waals surface area contributed by atoms with E-state index in [0.717, 1.165) is 29.3 Å². The summed E-state index contributed by atoms with van der Waals surface area (Å²) >= 11 is 0. The first-order chi connectivity index (χ1) is 14.6. The lowest BCUT2D eigenvalue weighted by molar-refractivity contribution is -0.115. The highest BCUT2D eigenvalue weighted by atomic mass is 16.1. The number of amides is 1. The fraction of sp³-hybridized carbons (Fsp3) is 0.240. The predicted molar refractivity (Wildman–Crippen MR) is 118 cm³/mol. The Labute approximate surface area is 175 Å². The molecule has 30 heavy (non-hydrogen) atoms. The van der Waals surface area contributed by atoms with Gasteiger partial charge in [0.15, 0.2) is 5.82 Å². The van der Waals surface area contributed by atoms with Crippen LogP contribution in [0.4, 0.5) is 5.82 Å². The molecule has 4 aromatic rings. The van der Waals surface area contributed by atoms with E-state index in [0.29, 0.717) is 24.2 Å². The SMILES string of the molecule is Cc1ccc(C2CC(n3cnc(NC(=O)Cc4ccc5ncccc5c4)c3)C2)cc1. The van der Waals surface area contributed by atoms with Gasteiger partial charge in [-0.25, -0.2) is 4.98 Å².